The van der Waals surface area contributed by atoms with Gasteiger partial charge in [-0.25, -0.2) is 0 Å². The summed E-state index contributed by atoms with van der Waals surface area (Å²) in [6, 6.07) is 0.437. The summed E-state index contributed by atoms with van der Waals surface area (Å²) in [4.78, 5) is 0. The molecule has 0 aliphatic heterocycles. The van der Waals surface area contributed by atoms with Gasteiger partial charge in [0.2, 0.25) is 0 Å². The molecule has 0 aromatic rings. The number of unbranched alkanes of at least 4 members (excludes halogenated alkanes) is 12. The quantitative estimate of drug-likeness (QED) is 0.398. The first kappa shape index (κ1) is 21.9. The maximum atomic E-state index is 6.12. The Balaban J connectivity index is 1.76. The molecule has 0 bridgehead atoms. The van der Waals surface area contributed by atoms with Crippen molar-refractivity contribution in [2.75, 3.05) is 6.61 Å². The van der Waals surface area contributed by atoms with Crippen LogP contribution in [-0.2, 0) is 4.74 Å². The number of nitrogens with two attached hydrogens (primary N) is 2. The summed E-state index contributed by atoms with van der Waals surface area (Å²) in [5.41, 5.74) is 12.1. The lowest BCUT2D eigenvalue weighted by atomic mass is 9.89. The number of rotatable bonds is 15. The second kappa shape index (κ2) is 15.2. The number of hydrogen-bond acceptors (Lipinski definition) is 3. The van der Waals surface area contributed by atoms with Gasteiger partial charge in [0.25, 0.3) is 0 Å². The lowest BCUT2D eigenvalue weighted by Crippen LogP contribution is -2.46. The second-order valence-electron chi connectivity index (χ2n) is 7.89. The monoisotopic (exact) mass is 340 g/mol. The van der Waals surface area contributed by atoms with Crippen molar-refractivity contribution < 1.29 is 4.74 Å². The van der Waals surface area contributed by atoms with E-state index in [1.807, 2.05) is 0 Å². The van der Waals surface area contributed by atoms with Crippen LogP contribution in [0.5, 0.6) is 0 Å². The highest BCUT2D eigenvalue weighted by Crippen LogP contribution is 2.19. The predicted molar refractivity (Wildman–Crippen MR) is 105 cm³/mol. The van der Waals surface area contributed by atoms with Gasteiger partial charge in [-0.3, -0.25) is 0 Å². The zero-order valence-corrected chi connectivity index (χ0v) is 16.3. The Morgan fingerprint density at radius 2 is 1.21 bits per heavy atom. The highest BCUT2D eigenvalue weighted by Gasteiger charge is 2.26. The number of hydrogen-bond donors (Lipinski definition) is 2. The Morgan fingerprint density at radius 3 is 1.71 bits per heavy atom. The zero-order valence-electron chi connectivity index (χ0n) is 16.3. The average molecular weight is 341 g/mol. The van der Waals surface area contributed by atoms with E-state index in [9.17, 15) is 0 Å². The van der Waals surface area contributed by atoms with E-state index in [-0.39, 0.29) is 18.2 Å². The molecule has 4 N–H and O–H groups in total. The average Bonchev–Trinajstić information content (AvgIpc) is 2.57. The Hall–Kier alpha value is -0.120. The zero-order chi connectivity index (χ0) is 17.5. The molecule has 0 aromatic carbocycles. The fourth-order valence-electron chi connectivity index (χ4n) is 3.77. The Kier molecular flexibility index (Phi) is 13.8. The molecule has 3 heteroatoms. The van der Waals surface area contributed by atoms with Gasteiger partial charge in [-0.15, -0.1) is 0 Å². The Morgan fingerprint density at radius 1 is 0.708 bits per heavy atom. The van der Waals surface area contributed by atoms with Crippen LogP contribution in [0.25, 0.3) is 0 Å². The van der Waals surface area contributed by atoms with Crippen molar-refractivity contribution in [3.63, 3.8) is 0 Å². The highest BCUT2D eigenvalue weighted by molar-refractivity contribution is 4.85. The fraction of sp³-hybridized carbons (Fsp3) is 1.00. The summed E-state index contributed by atoms with van der Waals surface area (Å²) in [5.74, 6) is 0. The van der Waals surface area contributed by atoms with E-state index in [0.717, 1.165) is 25.9 Å². The minimum Gasteiger partial charge on any atom is -0.377 e. The van der Waals surface area contributed by atoms with Crippen LogP contribution >= 0.6 is 0 Å². The van der Waals surface area contributed by atoms with Crippen LogP contribution in [0.4, 0.5) is 0 Å². The molecule has 1 aliphatic carbocycles. The van der Waals surface area contributed by atoms with Crippen LogP contribution in [0.2, 0.25) is 0 Å². The summed E-state index contributed by atoms with van der Waals surface area (Å²) in [6.45, 7) is 3.16. The van der Waals surface area contributed by atoms with Gasteiger partial charge >= 0.3 is 0 Å². The first-order chi connectivity index (χ1) is 11.7. The maximum absolute atomic E-state index is 6.12. The van der Waals surface area contributed by atoms with Gasteiger partial charge in [0.15, 0.2) is 0 Å². The SMILES string of the molecule is CCCCCCCCCCCCCCCOC1CCC(N)CC1N. The van der Waals surface area contributed by atoms with Crippen molar-refractivity contribution in [3.05, 3.63) is 0 Å². The van der Waals surface area contributed by atoms with Crippen molar-refractivity contribution >= 4 is 0 Å². The molecule has 24 heavy (non-hydrogen) atoms. The van der Waals surface area contributed by atoms with Crippen LogP contribution in [0.1, 0.15) is 110 Å². The van der Waals surface area contributed by atoms with E-state index < -0.39 is 0 Å². The molecule has 0 radical (unpaired) electrons. The van der Waals surface area contributed by atoms with Crippen LogP contribution in [0, 0.1) is 0 Å². The molecular weight excluding hydrogens is 296 g/mol. The minimum atomic E-state index is 0.149. The topological polar surface area (TPSA) is 61.3 Å². The van der Waals surface area contributed by atoms with E-state index in [2.05, 4.69) is 6.92 Å². The van der Waals surface area contributed by atoms with Gasteiger partial charge in [0.05, 0.1) is 6.10 Å². The van der Waals surface area contributed by atoms with Crippen molar-refractivity contribution in [3.8, 4) is 0 Å². The van der Waals surface area contributed by atoms with Gasteiger partial charge < -0.3 is 16.2 Å². The van der Waals surface area contributed by atoms with Gasteiger partial charge in [0.1, 0.15) is 0 Å². The smallest absolute Gasteiger partial charge is 0.0727 e. The molecule has 144 valence electrons. The summed E-state index contributed by atoms with van der Waals surface area (Å²) in [7, 11) is 0. The first-order valence-electron chi connectivity index (χ1n) is 10.9. The van der Waals surface area contributed by atoms with E-state index in [1.54, 1.807) is 0 Å². The van der Waals surface area contributed by atoms with Crippen molar-refractivity contribution in [2.24, 2.45) is 11.5 Å². The van der Waals surface area contributed by atoms with E-state index in [4.69, 9.17) is 16.2 Å². The van der Waals surface area contributed by atoms with Gasteiger partial charge in [0, 0.05) is 18.7 Å². The third kappa shape index (κ3) is 11.4. The van der Waals surface area contributed by atoms with Gasteiger partial charge in [-0.05, 0) is 25.7 Å². The lowest BCUT2D eigenvalue weighted by Gasteiger charge is -2.32. The lowest BCUT2D eigenvalue weighted by molar-refractivity contribution is 0.00978. The fourth-order valence-corrected chi connectivity index (χ4v) is 3.77. The standard InChI is InChI=1S/C21H44N2O/c1-2-3-4-5-6-7-8-9-10-11-12-13-14-17-24-21-16-15-19(22)18-20(21)23/h19-21H,2-18,22-23H2,1H3. The summed E-state index contributed by atoms with van der Waals surface area (Å²) < 4.78 is 5.96. The van der Waals surface area contributed by atoms with Crippen molar-refractivity contribution in [1.82, 2.24) is 0 Å². The van der Waals surface area contributed by atoms with Crippen LogP contribution in [-0.4, -0.2) is 24.8 Å². The van der Waals surface area contributed by atoms with Gasteiger partial charge in [-0.2, -0.15) is 0 Å². The van der Waals surface area contributed by atoms with Crippen molar-refractivity contribution in [1.29, 1.82) is 0 Å². The molecule has 0 heterocycles. The van der Waals surface area contributed by atoms with Crippen molar-refractivity contribution in [2.45, 2.75) is 128 Å². The third-order valence-electron chi connectivity index (χ3n) is 5.45. The molecule has 1 fully saturated rings. The third-order valence-corrected chi connectivity index (χ3v) is 5.45. The van der Waals surface area contributed by atoms with E-state index >= 15 is 0 Å². The molecular formula is C21H44N2O. The Labute approximate surface area is 151 Å². The highest BCUT2D eigenvalue weighted by atomic mass is 16.5. The van der Waals surface area contributed by atoms with Crippen LogP contribution < -0.4 is 11.5 Å². The molecule has 3 nitrogen and oxygen atoms in total. The van der Waals surface area contributed by atoms with E-state index in [0.29, 0.717) is 0 Å². The Bertz CT molecular complexity index is 273. The van der Waals surface area contributed by atoms with Crippen LogP contribution in [0.15, 0.2) is 0 Å². The molecule has 3 atom stereocenters. The minimum absolute atomic E-state index is 0.149. The van der Waals surface area contributed by atoms with Crippen LogP contribution in [0.3, 0.4) is 0 Å². The first-order valence-corrected chi connectivity index (χ1v) is 10.9. The molecule has 0 spiro atoms. The molecule has 0 aromatic heterocycles. The molecule has 3 unspecified atom stereocenters. The van der Waals surface area contributed by atoms with E-state index in [1.165, 1.54) is 83.5 Å². The molecule has 1 rings (SSSR count). The summed E-state index contributed by atoms with van der Waals surface area (Å²) >= 11 is 0. The maximum Gasteiger partial charge on any atom is 0.0727 e. The molecule has 1 saturated carbocycles. The van der Waals surface area contributed by atoms with Gasteiger partial charge in [-0.1, -0.05) is 84.0 Å². The molecule has 0 saturated heterocycles. The summed E-state index contributed by atoms with van der Waals surface area (Å²) in [5, 5.41) is 0. The second-order valence-corrected chi connectivity index (χ2v) is 7.89. The molecule has 1 aliphatic rings. The number of ether oxygens (including phenoxy) is 1. The normalized spacial score (nSPS) is 24.4. The summed E-state index contributed by atoms with van der Waals surface area (Å²) in [6.07, 6.45) is 21.4. The largest absolute Gasteiger partial charge is 0.377 e. The predicted octanol–water partition coefficient (Wildman–Crippen LogP) is 5.30. The molecule has 0 amide bonds.